The van der Waals surface area contributed by atoms with Gasteiger partial charge >= 0.3 is 6.09 Å². The number of anilines is 1. The topological polar surface area (TPSA) is 89.4 Å². The second-order valence-electron chi connectivity index (χ2n) is 7.65. The summed E-state index contributed by atoms with van der Waals surface area (Å²) in [6, 6.07) is 6.72. The monoisotopic (exact) mass is 371 g/mol. The molecule has 8 nitrogen and oxygen atoms in total. The van der Waals surface area contributed by atoms with Crippen molar-refractivity contribution < 1.29 is 14.3 Å². The maximum absolute atomic E-state index is 12.6. The highest BCUT2D eigenvalue weighted by Crippen LogP contribution is 2.17. The number of rotatable bonds is 4. The molecule has 1 aliphatic rings. The van der Waals surface area contributed by atoms with Gasteiger partial charge in [-0.1, -0.05) is 0 Å². The zero-order valence-corrected chi connectivity index (χ0v) is 16.2. The lowest BCUT2D eigenvalue weighted by Gasteiger charge is -2.20. The van der Waals surface area contributed by atoms with Gasteiger partial charge in [0.05, 0.1) is 6.54 Å². The van der Waals surface area contributed by atoms with Crippen molar-refractivity contribution in [3.05, 3.63) is 41.5 Å². The van der Waals surface area contributed by atoms with Crippen LogP contribution in [0.2, 0.25) is 0 Å². The van der Waals surface area contributed by atoms with E-state index in [1.165, 1.54) is 0 Å². The van der Waals surface area contributed by atoms with Gasteiger partial charge in [0.15, 0.2) is 5.82 Å². The fourth-order valence-corrected chi connectivity index (χ4v) is 2.95. The first kappa shape index (κ1) is 18.9. The summed E-state index contributed by atoms with van der Waals surface area (Å²) in [5, 5.41) is 11.0. The van der Waals surface area contributed by atoms with Crippen molar-refractivity contribution in [3.8, 4) is 0 Å². The van der Waals surface area contributed by atoms with E-state index in [0.29, 0.717) is 17.8 Å². The second-order valence-corrected chi connectivity index (χ2v) is 7.65. The summed E-state index contributed by atoms with van der Waals surface area (Å²) in [4.78, 5) is 26.1. The summed E-state index contributed by atoms with van der Waals surface area (Å²) in [7, 11) is 1.74. The number of aryl methyl sites for hydroxylation is 1. The summed E-state index contributed by atoms with van der Waals surface area (Å²) in [6.07, 6.45) is 1.48. The van der Waals surface area contributed by atoms with Crippen molar-refractivity contribution in [1.82, 2.24) is 19.7 Å². The first-order valence-electron chi connectivity index (χ1n) is 8.99. The number of carbonyl (C=O) groups excluding carboxylic acids is 2. The van der Waals surface area contributed by atoms with Crippen molar-refractivity contribution in [1.29, 1.82) is 0 Å². The van der Waals surface area contributed by atoms with Crippen LogP contribution >= 0.6 is 0 Å². The average Bonchev–Trinajstić information content (AvgIpc) is 3.18. The molecule has 0 unspecified atom stereocenters. The van der Waals surface area contributed by atoms with Gasteiger partial charge in [0.25, 0.3) is 5.91 Å². The van der Waals surface area contributed by atoms with Gasteiger partial charge in [-0.3, -0.25) is 10.1 Å². The molecule has 0 saturated carbocycles. The Balaban J connectivity index is 1.60. The first-order chi connectivity index (χ1) is 12.7. The summed E-state index contributed by atoms with van der Waals surface area (Å²) in [6.45, 7) is 6.72. The Bertz CT molecular complexity index is 836. The Hall–Kier alpha value is -2.90. The summed E-state index contributed by atoms with van der Waals surface area (Å²) in [5.74, 6) is 1.68. The fraction of sp³-hybridized carbons (Fsp3) is 0.474. The quantitative estimate of drug-likeness (QED) is 0.893. The van der Waals surface area contributed by atoms with Crippen molar-refractivity contribution in [2.24, 2.45) is 0 Å². The van der Waals surface area contributed by atoms with E-state index in [9.17, 15) is 9.59 Å². The number of nitrogens with zero attached hydrogens (tertiary/aromatic N) is 4. The molecule has 0 aliphatic carbocycles. The molecule has 1 aromatic carbocycles. The molecule has 1 aromatic heterocycles. The standard InChI is InChI=1S/C19H25N5O3/c1-19(2,3)27-18(26)20-14-9-7-13(8-10-14)17(25)23(4)12-16-22-21-15-6-5-11-24(15)16/h7-10H,5-6,11-12H2,1-4H3,(H,20,26). The van der Waals surface area contributed by atoms with Crippen molar-refractivity contribution in [3.63, 3.8) is 0 Å². The Labute approximate surface area is 158 Å². The number of nitrogens with one attached hydrogen (secondary N) is 1. The van der Waals surface area contributed by atoms with Gasteiger partial charge in [-0.15, -0.1) is 10.2 Å². The molecular formula is C19H25N5O3. The molecule has 27 heavy (non-hydrogen) atoms. The highest BCUT2D eigenvalue weighted by atomic mass is 16.6. The molecule has 144 valence electrons. The maximum atomic E-state index is 12.6. The second kappa shape index (κ2) is 7.38. The molecular weight excluding hydrogens is 346 g/mol. The largest absolute Gasteiger partial charge is 0.444 e. The van der Waals surface area contributed by atoms with Crippen LogP contribution in [0.25, 0.3) is 0 Å². The van der Waals surface area contributed by atoms with Gasteiger partial charge < -0.3 is 14.2 Å². The van der Waals surface area contributed by atoms with E-state index in [4.69, 9.17) is 4.74 Å². The van der Waals surface area contributed by atoms with Gasteiger partial charge in [-0.05, 0) is 51.5 Å². The van der Waals surface area contributed by atoms with Crippen molar-refractivity contribution in [2.45, 2.75) is 52.3 Å². The molecule has 0 saturated heterocycles. The van der Waals surface area contributed by atoms with Crippen LogP contribution in [0.5, 0.6) is 0 Å². The van der Waals surface area contributed by atoms with Crippen LogP contribution in [-0.4, -0.2) is 44.3 Å². The molecule has 0 radical (unpaired) electrons. The van der Waals surface area contributed by atoms with Crippen LogP contribution in [0, 0.1) is 0 Å². The maximum Gasteiger partial charge on any atom is 0.412 e. The fourth-order valence-electron chi connectivity index (χ4n) is 2.95. The molecule has 0 atom stereocenters. The van der Waals surface area contributed by atoms with Crippen molar-refractivity contribution >= 4 is 17.7 Å². The first-order valence-corrected chi connectivity index (χ1v) is 8.99. The predicted molar refractivity (Wildman–Crippen MR) is 100 cm³/mol. The van der Waals surface area contributed by atoms with Gasteiger partial charge in [-0.25, -0.2) is 4.79 Å². The SMILES string of the molecule is CN(Cc1nnc2n1CCC2)C(=O)c1ccc(NC(=O)OC(C)(C)C)cc1. The predicted octanol–water partition coefficient (Wildman–Crippen LogP) is 2.84. The number of carbonyl (C=O) groups is 2. The number of hydrogen-bond donors (Lipinski definition) is 1. The molecule has 2 amide bonds. The van der Waals surface area contributed by atoms with Gasteiger partial charge in [-0.2, -0.15) is 0 Å². The summed E-state index contributed by atoms with van der Waals surface area (Å²) < 4.78 is 7.29. The zero-order chi connectivity index (χ0) is 19.6. The molecule has 0 fully saturated rings. The number of aromatic nitrogens is 3. The van der Waals surface area contributed by atoms with Crippen LogP contribution in [0.1, 0.15) is 49.2 Å². The van der Waals surface area contributed by atoms with Gasteiger partial charge in [0.2, 0.25) is 0 Å². The van der Waals surface area contributed by atoms with Crippen LogP contribution in [0.4, 0.5) is 10.5 Å². The number of fused-ring (bicyclic) bond motifs is 1. The highest BCUT2D eigenvalue weighted by Gasteiger charge is 2.21. The molecule has 8 heteroatoms. The molecule has 0 bridgehead atoms. The minimum absolute atomic E-state index is 0.117. The third kappa shape index (κ3) is 4.64. The summed E-state index contributed by atoms with van der Waals surface area (Å²) in [5.41, 5.74) is 0.539. The van der Waals surface area contributed by atoms with Crippen LogP contribution < -0.4 is 5.32 Å². The molecule has 2 heterocycles. The van der Waals surface area contributed by atoms with E-state index in [1.54, 1.807) is 57.0 Å². The highest BCUT2D eigenvalue weighted by molar-refractivity contribution is 5.95. The minimum Gasteiger partial charge on any atom is -0.444 e. The van der Waals surface area contributed by atoms with E-state index >= 15 is 0 Å². The third-order valence-electron chi connectivity index (χ3n) is 4.19. The number of benzene rings is 1. The summed E-state index contributed by atoms with van der Waals surface area (Å²) >= 11 is 0. The third-order valence-corrected chi connectivity index (χ3v) is 4.19. The van der Waals surface area contributed by atoms with E-state index in [-0.39, 0.29) is 5.91 Å². The van der Waals surface area contributed by atoms with Gasteiger partial charge in [0.1, 0.15) is 11.4 Å². The number of ether oxygens (including phenoxy) is 1. The molecule has 1 N–H and O–H groups in total. The Morgan fingerprint density at radius 1 is 1.22 bits per heavy atom. The number of amides is 2. The lowest BCUT2D eigenvalue weighted by atomic mass is 10.2. The average molecular weight is 371 g/mol. The normalized spacial score (nSPS) is 13.2. The molecule has 1 aliphatic heterocycles. The number of hydrogen-bond acceptors (Lipinski definition) is 5. The lowest BCUT2D eigenvalue weighted by Crippen LogP contribution is -2.28. The van der Waals surface area contributed by atoms with Crippen LogP contribution in [0.15, 0.2) is 24.3 Å². The lowest BCUT2D eigenvalue weighted by molar-refractivity contribution is 0.0635. The van der Waals surface area contributed by atoms with Crippen LogP contribution in [-0.2, 0) is 24.2 Å². The van der Waals surface area contributed by atoms with E-state index in [1.807, 2.05) is 0 Å². The Morgan fingerprint density at radius 3 is 2.59 bits per heavy atom. The molecule has 0 spiro atoms. The van der Waals surface area contributed by atoms with E-state index < -0.39 is 11.7 Å². The smallest absolute Gasteiger partial charge is 0.412 e. The van der Waals surface area contributed by atoms with Gasteiger partial charge in [0, 0.05) is 31.3 Å². The Kier molecular flexibility index (Phi) is 5.16. The molecule has 3 rings (SSSR count). The minimum atomic E-state index is -0.565. The zero-order valence-electron chi connectivity index (χ0n) is 16.2. The van der Waals surface area contributed by atoms with Crippen LogP contribution in [0.3, 0.4) is 0 Å². The van der Waals surface area contributed by atoms with E-state index in [2.05, 4.69) is 20.1 Å². The molecule has 2 aromatic rings. The Morgan fingerprint density at radius 2 is 1.93 bits per heavy atom. The van der Waals surface area contributed by atoms with E-state index in [0.717, 1.165) is 31.0 Å². The van der Waals surface area contributed by atoms with Crippen molar-refractivity contribution in [2.75, 3.05) is 12.4 Å².